The smallest absolute Gasteiger partial charge is 0.410 e. The highest BCUT2D eigenvalue weighted by atomic mass is 16.6. The summed E-state index contributed by atoms with van der Waals surface area (Å²) in [5.74, 6) is 0. The number of unbranched alkanes of at least 4 members (excludes halogenated alkanes) is 3. The molecule has 1 amide bonds. The van der Waals surface area contributed by atoms with Crippen molar-refractivity contribution in [3.63, 3.8) is 0 Å². The SMILES string of the molecule is CCCCCOCCCCOC1CC2(C1)CN(C(=O)OC(C)(C)C)C2. The van der Waals surface area contributed by atoms with Crippen molar-refractivity contribution in [1.29, 1.82) is 0 Å². The predicted molar refractivity (Wildman–Crippen MR) is 98.8 cm³/mol. The third-order valence-electron chi connectivity index (χ3n) is 4.95. The minimum atomic E-state index is -0.412. The van der Waals surface area contributed by atoms with Crippen LogP contribution in [0.5, 0.6) is 0 Å². The van der Waals surface area contributed by atoms with Gasteiger partial charge in [0.2, 0.25) is 0 Å². The monoisotopic (exact) mass is 355 g/mol. The molecule has 2 aliphatic rings. The number of nitrogens with zero attached hydrogens (tertiary/aromatic N) is 1. The van der Waals surface area contributed by atoms with Gasteiger partial charge in [0.1, 0.15) is 5.60 Å². The van der Waals surface area contributed by atoms with E-state index in [1.807, 2.05) is 25.7 Å². The van der Waals surface area contributed by atoms with E-state index in [0.717, 1.165) is 58.6 Å². The second kappa shape index (κ2) is 9.22. The van der Waals surface area contributed by atoms with E-state index in [9.17, 15) is 4.79 Å². The normalized spacial score (nSPS) is 19.6. The van der Waals surface area contributed by atoms with Crippen LogP contribution in [-0.4, -0.2) is 55.6 Å². The Kier molecular flexibility index (Phi) is 7.56. The molecule has 1 spiro atoms. The number of ether oxygens (including phenoxy) is 3. The topological polar surface area (TPSA) is 48.0 Å². The maximum atomic E-state index is 12.0. The lowest BCUT2D eigenvalue weighted by Gasteiger charge is -2.58. The molecule has 5 nitrogen and oxygen atoms in total. The van der Waals surface area contributed by atoms with Crippen molar-refractivity contribution < 1.29 is 19.0 Å². The molecule has 0 bridgehead atoms. The highest BCUT2D eigenvalue weighted by Gasteiger charge is 2.54. The fourth-order valence-corrected chi connectivity index (χ4v) is 3.61. The van der Waals surface area contributed by atoms with Gasteiger partial charge in [-0.3, -0.25) is 0 Å². The Morgan fingerprint density at radius 3 is 2.24 bits per heavy atom. The van der Waals surface area contributed by atoms with Crippen molar-refractivity contribution in [3.8, 4) is 0 Å². The van der Waals surface area contributed by atoms with Gasteiger partial charge in [0.25, 0.3) is 0 Å². The zero-order valence-corrected chi connectivity index (χ0v) is 16.6. The van der Waals surface area contributed by atoms with Crippen LogP contribution in [0.3, 0.4) is 0 Å². The van der Waals surface area contributed by atoms with Crippen molar-refractivity contribution in [2.45, 2.75) is 84.3 Å². The van der Waals surface area contributed by atoms with Crippen LogP contribution in [0.1, 0.15) is 72.6 Å². The van der Waals surface area contributed by atoms with Gasteiger partial charge in [-0.25, -0.2) is 4.79 Å². The van der Waals surface area contributed by atoms with Crippen LogP contribution < -0.4 is 0 Å². The highest BCUT2D eigenvalue weighted by Crippen LogP contribution is 2.49. The second-order valence-electron chi connectivity index (χ2n) is 8.76. The van der Waals surface area contributed by atoms with Crippen LogP contribution in [0, 0.1) is 5.41 Å². The Morgan fingerprint density at radius 1 is 1.04 bits per heavy atom. The van der Waals surface area contributed by atoms with Crippen LogP contribution in [-0.2, 0) is 14.2 Å². The zero-order chi connectivity index (χ0) is 18.3. The molecule has 0 N–H and O–H groups in total. The summed E-state index contributed by atoms with van der Waals surface area (Å²) >= 11 is 0. The molecule has 0 radical (unpaired) electrons. The number of hydrogen-bond donors (Lipinski definition) is 0. The molecule has 0 aromatic carbocycles. The molecule has 1 aliphatic heterocycles. The largest absolute Gasteiger partial charge is 0.444 e. The molecule has 2 fully saturated rings. The van der Waals surface area contributed by atoms with Crippen LogP contribution in [0.15, 0.2) is 0 Å². The van der Waals surface area contributed by atoms with Crippen molar-refractivity contribution in [2.75, 3.05) is 32.9 Å². The third kappa shape index (κ3) is 6.78. The molecule has 1 saturated heterocycles. The van der Waals surface area contributed by atoms with E-state index in [-0.39, 0.29) is 6.09 Å². The van der Waals surface area contributed by atoms with Crippen LogP contribution in [0.2, 0.25) is 0 Å². The van der Waals surface area contributed by atoms with Gasteiger partial charge in [0, 0.05) is 38.3 Å². The third-order valence-corrected chi connectivity index (χ3v) is 4.95. The van der Waals surface area contributed by atoms with E-state index >= 15 is 0 Å². The summed E-state index contributed by atoms with van der Waals surface area (Å²) in [5.41, 5.74) is -0.102. The van der Waals surface area contributed by atoms with Crippen LogP contribution >= 0.6 is 0 Å². The van der Waals surface area contributed by atoms with Crippen molar-refractivity contribution in [1.82, 2.24) is 4.90 Å². The second-order valence-corrected chi connectivity index (χ2v) is 8.76. The Bertz CT molecular complexity index is 404. The number of hydrogen-bond acceptors (Lipinski definition) is 4. The maximum Gasteiger partial charge on any atom is 0.410 e. The first-order valence-corrected chi connectivity index (χ1v) is 10.0. The highest BCUT2D eigenvalue weighted by molar-refractivity contribution is 5.69. The first-order chi connectivity index (χ1) is 11.8. The van der Waals surface area contributed by atoms with E-state index in [2.05, 4.69) is 6.92 Å². The van der Waals surface area contributed by atoms with E-state index in [0.29, 0.717) is 11.5 Å². The minimum Gasteiger partial charge on any atom is -0.444 e. The zero-order valence-electron chi connectivity index (χ0n) is 16.6. The molecule has 5 heteroatoms. The molecule has 1 heterocycles. The van der Waals surface area contributed by atoms with Crippen LogP contribution in [0.25, 0.3) is 0 Å². The summed E-state index contributed by atoms with van der Waals surface area (Å²) < 4.78 is 17.0. The molecule has 1 saturated carbocycles. The summed E-state index contributed by atoms with van der Waals surface area (Å²) in [6.45, 7) is 12.2. The van der Waals surface area contributed by atoms with Crippen LogP contribution in [0.4, 0.5) is 4.79 Å². The summed E-state index contributed by atoms with van der Waals surface area (Å²) in [6, 6.07) is 0. The average Bonchev–Trinajstić information content (AvgIpc) is 2.43. The van der Waals surface area contributed by atoms with Gasteiger partial charge in [-0.1, -0.05) is 19.8 Å². The molecule has 0 unspecified atom stereocenters. The first kappa shape index (κ1) is 20.5. The summed E-state index contributed by atoms with van der Waals surface area (Å²) in [7, 11) is 0. The standard InChI is InChI=1S/C20H37NO4/c1-5-6-7-10-23-11-8-9-12-24-17-13-20(14-17)15-21(16-20)18(22)25-19(2,3)4/h17H,5-16H2,1-4H3. The Balaban J connectivity index is 1.43. The van der Waals surface area contributed by atoms with E-state index in [1.54, 1.807) is 0 Å². The predicted octanol–water partition coefficient (Wildman–Crippen LogP) is 4.39. The summed E-state index contributed by atoms with van der Waals surface area (Å²) in [4.78, 5) is 13.8. The maximum absolute atomic E-state index is 12.0. The molecular formula is C20H37NO4. The molecule has 25 heavy (non-hydrogen) atoms. The Hall–Kier alpha value is -0.810. The van der Waals surface area contributed by atoms with E-state index < -0.39 is 5.60 Å². The quantitative estimate of drug-likeness (QED) is 0.545. The number of carbonyl (C=O) groups is 1. The van der Waals surface area contributed by atoms with Crippen molar-refractivity contribution >= 4 is 6.09 Å². The first-order valence-electron chi connectivity index (χ1n) is 10.0. The average molecular weight is 356 g/mol. The number of amides is 1. The summed E-state index contributed by atoms with van der Waals surface area (Å²) in [5, 5.41) is 0. The van der Waals surface area contributed by atoms with Crippen molar-refractivity contribution in [2.24, 2.45) is 5.41 Å². The van der Waals surface area contributed by atoms with Gasteiger partial charge in [0.15, 0.2) is 0 Å². The Morgan fingerprint density at radius 2 is 1.64 bits per heavy atom. The fraction of sp³-hybridized carbons (Fsp3) is 0.950. The minimum absolute atomic E-state index is 0.179. The van der Waals surface area contributed by atoms with Gasteiger partial charge in [-0.2, -0.15) is 0 Å². The molecule has 0 aromatic heterocycles. The van der Waals surface area contributed by atoms with Gasteiger partial charge in [0.05, 0.1) is 6.10 Å². The van der Waals surface area contributed by atoms with E-state index in [1.165, 1.54) is 19.3 Å². The molecule has 1 aliphatic carbocycles. The number of likely N-dealkylation sites (tertiary alicyclic amines) is 1. The molecule has 0 atom stereocenters. The van der Waals surface area contributed by atoms with Crippen molar-refractivity contribution in [3.05, 3.63) is 0 Å². The summed E-state index contributed by atoms with van der Waals surface area (Å²) in [6.07, 6.45) is 8.20. The molecule has 146 valence electrons. The van der Waals surface area contributed by atoms with Gasteiger partial charge < -0.3 is 19.1 Å². The van der Waals surface area contributed by atoms with Gasteiger partial charge in [-0.05, 0) is 52.9 Å². The number of carbonyl (C=O) groups excluding carboxylic acids is 1. The lowest BCUT2D eigenvalue weighted by Crippen LogP contribution is -2.65. The lowest BCUT2D eigenvalue weighted by molar-refractivity contribution is -0.147. The lowest BCUT2D eigenvalue weighted by atomic mass is 9.62. The number of rotatable bonds is 10. The van der Waals surface area contributed by atoms with Gasteiger partial charge >= 0.3 is 6.09 Å². The van der Waals surface area contributed by atoms with E-state index in [4.69, 9.17) is 14.2 Å². The Labute approximate surface area is 153 Å². The van der Waals surface area contributed by atoms with Gasteiger partial charge in [-0.15, -0.1) is 0 Å². The molecule has 2 rings (SSSR count). The molecular weight excluding hydrogens is 318 g/mol. The fourth-order valence-electron chi connectivity index (χ4n) is 3.61. The molecule has 0 aromatic rings.